The van der Waals surface area contributed by atoms with Gasteiger partial charge in [0.1, 0.15) is 6.07 Å². The second kappa shape index (κ2) is 9.50. The van der Waals surface area contributed by atoms with E-state index < -0.39 is 0 Å². The highest BCUT2D eigenvalue weighted by Crippen LogP contribution is 2.52. The Balaban J connectivity index is 1.48. The molecule has 0 spiro atoms. The molecule has 1 aromatic heterocycles. The Bertz CT molecular complexity index is 1120. The van der Waals surface area contributed by atoms with Crippen molar-refractivity contribution in [3.05, 3.63) is 53.9 Å². The molecule has 1 saturated heterocycles. The monoisotopic (exact) mass is 459 g/mol. The first-order valence-electron chi connectivity index (χ1n) is 11.9. The molecule has 178 valence electrons. The summed E-state index contributed by atoms with van der Waals surface area (Å²) in [5, 5.41) is 9.58. The molecule has 1 aromatic carbocycles. The smallest absolute Gasteiger partial charge is 0.260 e. The van der Waals surface area contributed by atoms with Gasteiger partial charge in [-0.15, -0.1) is 0 Å². The van der Waals surface area contributed by atoms with E-state index in [4.69, 9.17) is 9.47 Å². The van der Waals surface area contributed by atoms with E-state index in [1.54, 1.807) is 24.4 Å². The van der Waals surface area contributed by atoms with Crippen LogP contribution < -0.4 is 9.47 Å². The Hall–Kier alpha value is -3.33. The molecule has 6 nitrogen and oxygen atoms in total. The number of hydrogen-bond donors (Lipinski definition) is 0. The van der Waals surface area contributed by atoms with Crippen LogP contribution in [0.15, 0.2) is 42.6 Å². The minimum Gasteiger partial charge on any atom is -0.490 e. The van der Waals surface area contributed by atoms with Gasteiger partial charge in [0, 0.05) is 18.8 Å². The molecule has 4 rings (SSSR count). The fourth-order valence-electron chi connectivity index (χ4n) is 5.83. The van der Waals surface area contributed by atoms with Gasteiger partial charge in [0.05, 0.1) is 17.9 Å². The van der Waals surface area contributed by atoms with Crippen molar-refractivity contribution in [1.82, 2.24) is 9.88 Å². The van der Waals surface area contributed by atoms with Gasteiger partial charge in [-0.2, -0.15) is 5.26 Å². The van der Waals surface area contributed by atoms with Crippen LogP contribution in [0.4, 0.5) is 0 Å². The van der Waals surface area contributed by atoms with Crippen LogP contribution >= 0.6 is 0 Å². The Morgan fingerprint density at radius 3 is 2.74 bits per heavy atom. The molecule has 1 amide bonds. The molecule has 2 bridgehead atoms. The molecule has 1 aliphatic heterocycles. The lowest BCUT2D eigenvalue weighted by Crippen LogP contribution is -2.40. The average Bonchev–Trinajstić information content (AvgIpc) is 3.06. The number of allylic oxidation sites excluding steroid dienone is 1. The van der Waals surface area contributed by atoms with Gasteiger partial charge in [0.25, 0.3) is 5.91 Å². The quantitative estimate of drug-likeness (QED) is 0.522. The van der Waals surface area contributed by atoms with Crippen LogP contribution in [-0.2, 0) is 4.79 Å². The molecular formula is C28H33N3O3. The van der Waals surface area contributed by atoms with Crippen molar-refractivity contribution in [2.24, 2.45) is 10.8 Å². The lowest BCUT2D eigenvalue weighted by molar-refractivity contribution is -0.134. The zero-order valence-electron chi connectivity index (χ0n) is 20.5. The van der Waals surface area contributed by atoms with Crippen molar-refractivity contribution in [2.75, 3.05) is 19.8 Å². The Labute approximate surface area is 202 Å². The maximum absolute atomic E-state index is 13.1. The number of pyridine rings is 1. The van der Waals surface area contributed by atoms with Crippen molar-refractivity contribution >= 4 is 17.6 Å². The number of likely N-dealkylation sites (tertiary alicyclic amines) is 1. The summed E-state index contributed by atoms with van der Waals surface area (Å²) in [5.41, 5.74) is 2.33. The van der Waals surface area contributed by atoms with E-state index in [1.165, 1.54) is 0 Å². The first-order valence-corrected chi connectivity index (χ1v) is 11.9. The van der Waals surface area contributed by atoms with E-state index in [2.05, 4.69) is 31.8 Å². The number of aromatic nitrogens is 1. The van der Waals surface area contributed by atoms with E-state index in [-0.39, 0.29) is 23.3 Å². The fraction of sp³-hybridized carbons (Fsp3) is 0.464. The molecule has 6 heteroatoms. The van der Waals surface area contributed by atoms with Crippen molar-refractivity contribution in [2.45, 2.75) is 53.0 Å². The number of benzene rings is 1. The first kappa shape index (κ1) is 23.8. The highest BCUT2D eigenvalue weighted by atomic mass is 16.5. The number of fused-ring (bicyclic) bond motifs is 2. The van der Waals surface area contributed by atoms with Crippen molar-refractivity contribution in [1.29, 1.82) is 5.26 Å². The average molecular weight is 460 g/mol. The third kappa shape index (κ3) is 5.25. The van der Waals surface area contributed by atoms with Gasteiger partial charge < -0.3 is 14.4 Å². The molecule has 1 saturated carbocycles. The van der Waals surface area contributed by atoms with Crippen LogP contribution in [0.1, 0.15) is 58.2 Å². The van der Waals surface area contributed by atoms with E-state index in [0.29, 0.717) is 35.4 Å². The second-order valence-electron chi connectivity index (χ2n) is 10.5. The van der Waals surface area contributed by atoms with Crippen LogP contribution in [0.25, 0.3) is 11.6 Å². The number of hydrogen-bond acceptors (Lipinski definition) is 5. The fourth-order valence-corrected chi connectivity index (χ4v) is 5.83. The standard InChI is InChI=1S/C28H33N3O3/c1-5-33-25-13-20(12-21(16-29)23-8-6-7-11-30-23)9-10-24(25)34-17-26(32)31-19-28(4)15-22(31)14-27(2,3)18-28/h6-13,22H,5,14-15,17-19H2,1-4H3/b21-12+/t22-,28+/m1/s1. The number of rotatable bonds is 7. The molecule has 2 heterocycles. The second-order valence-corrected chi connectivity index (χ2v) is 10.5. The molecule has 2 fully saturated rings. The molecule has 1 aliphatic carbocycles. The maximum Gasteiger partial charge on any atom is 0.260 e. The largest absolute Gasteiger partial charge is 0.490 e. The van der Waals surface area contributed by atoms with E-state index >= 15 is 0 Å². The number of nitrogens with zero attached hydrogens (tertiary/aromatic N) is 3. The highest BCUT2D eigenvalue weighted by molar-refractivity contribution is 5.88. The summed E-state index contributed by atoms with van der Waals surface area (Å²) < 4.78 is 11.7. The molecule has 2 atom stereocenters. The van der Waals surface area contributed by atoms with E-state index in [1.807, 2.05) is 36.1 Å². The minimum atomic E-state index is -0.0142. The van der Waals surface area contributed by atoms with Gasteiger partial charge in [0.15, 0.2) is 18.1 Å². The molecule has 0 N–H and O–H groups in total. The SMILES string of the molecule is CCOc1cc(/C=C(\C#N)c2ccccn2)ccc1OCC(=O)N1C[C@@]2(C)C[C@H]1CC(C)(C)C2. The predicted octanol–water partition coefficient (Wildman–Crippen LogP) is 5.35. The summed E-state index contributed by atoms with van der Waals surface area (Å²) in [5.74, 6) is 1.10. The van der Waals surface area contributed by atoms with Crippen LogP contribution in [0, 0.1) is 22.2 Å². The predicted molar refractivity (Wildman–Crippen MR) is 132 cm³/mol. The summed E-state index contributed by atoms with van der Waals surface area (Å²) in [6.07, 6.45) is 6.69. The Kier molecular flexibility index (Phi) is 6.65. The van der Waals surface area contributed by atoms with Gasteiger partial charge in [-0.1, -0.05) is 32.9 Å². The number of ether oxygens (including phenoxy) is 2. The molecule has 2 aliphatic rings. The number of nitriles is 1. The normalized spacial score (nSPS) is 23.3. The lowest BCUT2D eigenvalue weighted by Gasteiger charge is -2.39. The van der Waals surface area contributed by atoms with Crippen LogP contribution in [0.2, 0.25) is 0 Å². The van der Waals surface area contributed by atoms with Crippen molar-refractivity contribution in [3.63, 3.8) is 0 Å². The zero-order chi connectivity index (χ0) is 24.3. The van der Waals surface area contributed by atoms with Crippen LogP contribution in [0.3, 0.4) is 0 Å². The van der Waals surface area contributed by atoms with Crippen LogP contribution in [0.5, 0.6) is 11.5 Å². The van der Waals surface area contributed by atoms with E-state index in [0.717, 1.165) is 31.4 Å². The van der Waals surface area contributed by atoms with Crippen LogP contribution in [-0.4, -0.2) is 41.6 Å². The van der Waals surface area contributed by atoms with Crippen molar-refractivity contribution < 1.29 is 14.3 Å². The third-order valence-corrected chi connectivity index (χ3v) is 6.73. The lowest BCUT2D eigenvalue weighted by atomic mass is 9.65. The van der Waals surface area contributed by atoms with Crippen molar-refractivity contribution in [3.8, 4) is 17.6 Å². The summed E-state index contributed by atoms with van der Waals surface area (Å²) in [6, 6.07) is 13.4. The third-order valence-electron chi connectivity index (χ3n) is 6.73. The first-order chi connectivity index (χ1) is 16.2. The van der Waals surface area contributed by atoms with Gasteiger partial charge in [-0.3, -0.25) is 9.78 Å². The molecule has 0 radical (unpaired) electrons. The molecule has 34 heavy (non-hydrogen) atoms. The zero-order valence-corrected chi connectivity index (χ0v) is 20.5. The summed E-state index contributed by atoms with van der Waals surface area (Å²) in [4.78, 5) is 19.4. The Morgan fingerprint density at radius 1 is 1.21 bits per heavy atom. The molecule has 0 unspecified atom stereocenters. The topological polar surface area (TPSA) is 75.5 Å². The molecule has 2 aromatic rings. The number of amides is 1. The maximum atomic E-state index is 13.1. The summed E-state index contributed by atoms with van der Waals surface area (Å²) in [6.45, 7) is 10.1. The van der Waals surface area contributed by atoms with Gasteiger partial charge in [0.2, 0.25) is 0 Å². The van der Waals surface area contributed by atoms with Gasteiger partial charge in [-0.25, -0.2) is 0 Å². The number of carbonyl (C=O) groups is 1. The summed E-state index contributed by atoms with van der Waals surface area (Å²) >= 11 is 0. The summed E-state index contributed by atoms with van der Waals surface area (Å²) in [7, 11) is 0. The van der Waals surface area contributed by atoms with Gasteiger partial charge >= 0.3 is 0 Å². The minimum absolute atomic E-state index is 0.0142. The van der Waals surface area contributed by atoms with E-state index in [9.17, 15) is 10.1 Å². The Morgan fingerprint density at radius 2 is 2.03 bits per heavy atom. The van der Waals surface area contributed by atoms with Gasteiger partial charge in [-0.05, 0) is 72.9 Å². The highest BCUT2D eigenvalue weighted by Gasteiger charge is 2.50. The molecular weight excluding hydrogens is 426 g/mol. The number of carbonyl (C=O) groups excluding carboxylic acids is 1.